The first-order valence-electron chi connectivity index (χ1n) is 8.45. The molecular formula is C17H26N2O6S. The van der Waals surface area contributed by atoms with Crippen LogP contribution in [0, 0.1) is 0 Å². The minimum absolute atomic E-state index is 0.0514. The van der Waals surface area contributed by atoms with Crippen LogP contribution in [0.15, 0.2) is 23.1 Å². The van der Waals surface area contributed by atoms with Crippen molar-refractivity contribution in [1.82, 2.24) is 9.37 Å². The lowest BCUT2D eigenvalue weighted by Gasteiger charge is -2.26. The monoisotopic (exact) mass is 386 g/mol. The molecule has 1 aliphatic rings. The normalized spacial score (nSPS) is 15.7. The molecule has 8 nitrogen and oxygen atoms in total. The van der Waals surface area contributed by atoms with Gasteiger partial charge in [-0.25, -0.2) is 13.5 Å². The largest absolute Gasteiger partial charge is 0.496 e. The maximum atomic E-state index is 12.8. The van der Waals surface area contributed by atoms with Gasteiger partial charge in [0, 0.05) is 25.7 Å². The van der Waals surface area contributed by atoms with Crippen LogP contribution in [-0.4, -0.2) is 64.7 Å². The molecular weight excluding hydrogens is 360 g/mol. The Morgan fingerprint density at radius 3 is 2.50 bits per heavy atom. The van der Waals surface area contributed by atoms with Crippen LogP contribution in [0.2, 0.25) is 0 Å². The van der Waals surface area contributed by atoms with Gasteiger partial charge in [0.1, 0.15) is 12.4 Å². The molecule has 1 fully saturated rings. The average Bonchev–Trinajstić information content (AvgIpc) is 2.67. The van der Waals surface area contributed by atoms with Gasteiger partial charge in [0.2, 0.25) is 10.0 Å². The van der Waals surface area contributed by atoms with Crippen molar-refractivity contribution in [2.45, 2.75) is 30.8 Å². The Kier molecular flexibility index (Phi) is 7.39. The highest BCUT2D eigenvalue weighted by atomic mass is 32.2. The van der Waals surface area contributed by atoms with Gasteiger partial charge in [-0.2, -0.15) is 4.31 Å². The third-order valence-corrected chi connectivity index (χ3v) is 6.21. The van der Waals surface area contributed by atoms with E-state index in [1.54, 1.807) is 12.1 Å². The molecule has 0 unspecified atom stereocenters. The number of amides is 1. The summed E-state index contributed by atoms with van der Waals surface area (Å²) in [6.07, 6.45) is 2.80. The summed E-state index contributed by atoms with van der Waals surface area (Å²) in [6.45, 7) is 0.947. The molecule has 1 aromatic rings. The van der Waals surface area contributed by atoms with Crippen molar-refractivity contribution in [3.63, 3.8) is 0 Å². The van der Waals surface area contributed by atoms with Crippen LogP contribution in [0.25, 0.3) is 0 Å². The molecule has 0 aromatic heterocycles. The highest BCUT2D eigenvalue weighted by molar-refractivity contribution is 7.89. The van der Waals surface area contributed by atoms with Crippen molar-refractivity contribution >= 4 is 15.9 Å². The van der Waals surface area contributed by atoms with Crippen LogP contribution in [0.3, 0.4) is 0 Å². The molecule has 0 radical (unpaired) electrons. The molecule has 0 N–H and O–H groups in total. The molecule has 0 bridgehead atoms. The Morgan fingerprint density at radius 1 is 1.19 bits per heavy atom. The predicted octanol–water partition coefficient (Wildman–Crippen LogP) is 1.41. The van der Waals surface area contributed by atoms with Crippen molar-refractivity contribution in [3.05, 3.63) is 23.8 Å². The summed E-state index contributed by atoms with van der Waals surface area (Å²) in [7, 11) is 0.829. The number of hydroxylamine groups is 2. The molecule has 1 heterocycles. The smallest absolute Gasteiger partial charge is 0.271 e. The Balaban J connectivity index is 2.13. The summed E-state index contributed by atoms with van der Waals surface area (Å²) in [4.78, 5) is 16.7. The second-order valence-corrected chi connectivity index (χ2v) is 7.94. The van der Waals surface area contributed by atoms with Crippen molar-refractivity contribution in [2.24, 2.45) is 0 Å². The van der Waals surface area contributed by atoms with E-state index in [1.807, 2.05) is 0 Å². The molecule has 1 aromatic carbocycles. The number of piperidine rings is 1. The zero-order chi connectivity index (χ0) is 19.2. The molecule has 26 heavy (non-hydrogen) atoms. The van der Waals surface area contributed by atoms with Crippen LogP contribution in [0.4, 0.5) is 0 Å². The summed E-state index contributed by atoms with van der Waals surface area (Å²) in [5.74, 6) is 0.165. The van der Waals surface area contributed by atoms with Crippen molar-refractivity contribution in [2.75, 3.05) is 41.0 Å². The standard InChI is InChI=1S/C17H26N2O6S/c1-18(24-3)17(20)13-25-12-14-11-15(7-8-16(14)23-2)26(21,22)19-9-5-4-6-10-19/h7-8,11H,4-6,9-10,12-13H2,1-3H3. The number of hydrogen-bond acceptors (Lipinski definition) is 6. The van der Waals surface area contributed by atoms with Gasteiger partial charge >= 0.3 is 0 Å². The number of hydrogen-bond donors (Lipinski definition) is 0. The Bertz CT molecular complexity index is 716. The van der Waals surface area contributed by atoms with E-state index in [1.165, 1.54) is 31.6 Å². The Labute approximate surface area is 154 Å². The number of sulfonamides is 1. The van der Waals surface area contributed by atoms with Gasteiger partial charge < -0.3 is 9.47 Å². The van der Waals surface area contributed by atoms with Crippen LogP contribution in [0.5, 0.6) is 5.75 Å². The summed E-state index contributed by atoms with van der Waals surface area (Å²) in [5, 5.41) is 1.06. The molecule has 1 amide bonds. The Morgan fingerprint density at radius 2 is 1.88 bits per heavy atom. The van der Waals surface area contributed by atoms with E-state index in [9.17, 15) is 13.2 Å². The van der Waals surface area contributed by atoms with E-state index in [0.29, 0.717) is 24.4 Å². The second kappa shape index (κ2) is 9.31. The molecule has 0 spiro atoms. The molecule has 1 saturated heterocycles. The van der Waals surface area contributed by atoms with Gasteiger partial charge in [0.05, 0.1) is 25.7 Å². The van der Waals surface area contributed by atoms with Gasteiger partial charge in [-0.3, -0.25) is 9.63 Å². The highest BCUT2D eigenvalue weighted by Gasteiger charge is 2.26. The summed E-state index contributed by atoms with van der Waals surface area (Å²) < 4.78 is 37.8. The second-order valence-electron chi connectivity index (χ2n) is 6.00. The number of nitrogens with zero attached hydrogens (tertiary/aromatic N) is 2. The maximum Gasteiger partial charge on any atom is 0.271 e. The third-order valence-electron chi connectivity index (χ3n) is 4.31. The molecule has 0 atom stereocenters. The van der Waals surface area contributed by atoms with E-state index in [2.05, 4.69) is 0 Å². The van der Waals surface area contributed by atoms with Crippen LogP contribution >= 0.6 is 0 Å². The number of benzene rings is 1. The van der Waals surface area contributed by atoms with E-state index >= 15 is 0 Å². The van der Waals surface area contributed by atoms with Crippen LogP contribution in [-0.2, 0) is 31.0 Å². The zero-order valence-electron chi connectivity index (χ0n) is 15.4. The van der Waals surface area contributed by atoms with Crippen molar-refractivity contribution in [3.8, 4) is 5.75 Å². The summed E-state index contributed by atoms with van der Waals surface area (Å²) in [6, 6.07) is 4.70. The quantitative estimate of drug-likeness (QED) is 0.628. The lowest BCUT2D eigenvalue weighted by atomic mass is 10.2. The fourth-order valence-corrected chi connectivity index (χ4v) is 4.29. The number of ether oxygens (including phenoxy) is 2. The van der Waals surface area contributed by atoms with E-state index in [0.717, 1.165) is 24.3 Å². The summed E-state index contributed by atoms with van der Waals surface area (Å²) >= 11 is 0. The topological polar surface area (TPSA) is 85.4 Å². The van der Waals surface area contributed by atoms with Crippen LogP contribution < -0.4 is 4.74 Å². The van der Waals surface area contributed by atoms with E-state index in [4.69, 9.17) is 14.3 Å². The van der Waals surface area contributed by atoms with Crippen LogP contribution in [0.1, 0.15) is 24.8 Å². The zero-order valence-corrected chi connectivity index (χ0v) is 16.3. The maximum absolute atomic E-state index is 12.8. The fraction of sp³-hybridized carbons (Fsp3) is 0.588. The first-order valence-corrected chi connectivity index (χ1v) is 9.89. The van der Waals surface area contributed by atoms with Crippen molar-refractivity contribution in [1.29, 1.82) is 0 Å². The predicted molar refractivity (Wildman–Crippen MR) is 95.0 cm³/mol. The molecule has 146 valence electrons. The third kappa shape index (κ3) is 4.94. The first kappa shape index (κ1) is 20.6. The van der Waals surface area contributed by atoms with Gasteiger partial charge in [-0.15, -0.1) is 0 Å². The molecule has 2 rings (SSSR count). The van der Waals surface area contributed by atoms with Gasteiger partial charge in [0.25, 0.3) is 5.91 Å². The molecule has 1 aliphatic heterocycles. The minimum Gasteiger partial charge on any atom is -0.496 e. The fourth-order valence-electron chi connectivity index (χ4n) is 2.72. The number of carbonyl (C=O) groups is 1. The van der Waals surface area contributed by atoms with Gasteiger partial charge in [-0.05, 0) is 31.0 Å². The van der Waals surface area contributed by atoms with Gasteiger partial charge in [0.15, 0.2) is 0 Å². The number of methoxy groups -OCH3 is 1. The average molecular weight is 386 g/mol. The lowest BCUT2D eigenvalue weighted by molar-refractivity contribution is -0.173. The minimum atomic E-state index is -3.54. The lowest BCUT2D eigenvalue weighted by Crippen LogP contribution is -2.35. The van der Waals surface area contributed by atoms with Crippen molar-refractivity contribution < 1.29 is 27.5 Å². The number of rotatable bonds is 8. The Hall–Kier alpha value is -1.68. The van der Waals surface area contributed by atoms with E-state index < -0.39 is 10.0 Å². The SMILES string of the molecule is COc1ccc(S(=O)(=O)N2CCCCC2)cc1COCC(=O)N(C)OC. The number of likely N-dealkylation sites (N-methyl/N-ethyl adjacent to an activating group) is 1. The number of carbonyl (C=O) groups excluding carboxylic acids is 1. The molecule has 0 saturated carbocycles. The summed E-state index contributed by atoms with van der Waals surface area (Å²) in [5.41, 5.74) is 0.568. The van der Waals surface area contributed by atoms with Gasteiger partial charge in [-0.1, -0.05) is 6.42 Å². The first-order chi connectivity index (χ1) is 12.4. The molecule has 9 heteroatoms. The molecule has 0 aliphatic carbocycles. The van der Waals surface area contributed by atoms with E-state index in [-0.39, 0.29) is 24.0 Å². The highest BCUT2D eigenvalue weighted by Crippen LogP contribution is 2.26.